The minimum Gasteiger partial charge on any atom is -0.350 e. The molecule has 0 rings (SSSR count). The van der Waals surface area contributed by atoms with Crippen molar-refractivity contribution in [2.75, 3.05) is 13.3 Å². The lowest BCUT2D eigenvalue weighted by Gasteiger charge is -2.06. The summed E-state index contributed by atoms with van der Waals surface area (Å²) in [5, 5.41) is 3.10. The molecule has 154 valence electrons. The molecule has 0 aromatic heterocycles. The Hall–Kier alpha value is -0.310. The first-order chi connectivity index (χ1) is 12.7. The second-order valence-electron chi connectivity index (χ2n) is 7.22. The lowest BCUT2D eigenvalue weighted by atomic mass is 10.0. The van der Waals surface area contributed by atoms with E-state index in [0.717, 1.165) is 6.42 Å². The fourth-order valence-electron chi connectivity index (χ4n) is 3.02. The van der Waals surface area contributed by atoms with Gasteiger partial charge in [-0.05, 0) is 12.8 Å². The summed E-state index contributed by atoms with van der Waals surface area (Å²) >= 11 is 0. The Kier molecular flexibility index (Phi) is 20.7. The molecule has 0 aliphatic heterocycles. The summed E-state index contributed by atoms with van der Waals surface area (Å²) in [6, 6.07) is -0.327. The zero-order chi connectivity index (χ0) is 19.3. The first kappa shape index (κ1) is 25.7. The van der Waals surface area contributed by atoms with Crippen LogP contribution >= 0.6 is 8.38 Å². The highest BCUT2D eigenvalue weighted by Crippen LogP contribution is 2.25. The highest BCUT2D eigenvalue weighted by atomic mass is 31.2. The van der Waals surface area contributed by atoms with Crippen LogP contribution in [0, 0.1) is 4.91 Å². The SMILES string of the molecule is CCCCCCCCCCCCCCC/C=C/C(CCOP(C)O)N=O. The predicted molar refractivity (Wildman–Crippen MR) is 115 cm³/mol. The molecule has 0 saturated heterocycles. The van der Waals surface area contributed by atoms with E-state index < -0.39 is 8.38 Å². The highest BCUT2D eigenvalue weighted by molar-refractivity contribution is 7.45. The quantitative estimate of drug-likeness (QED) is 0.102. The smallest absolute Gasteiger partial charge is 0.164 e. The first-order valence-electron chi connectivity index (χ1n) is 10.7. The molecule has 0 amide bonds. The Morgan fingerprint density at radius 3 is 1.88 bits per heavy atom. The van der Waals surface area contributed by atoms with E-state index in [1.807, 2.05) is 6.08 Å². The standard InChI is InChI=1S/C21H42NO3P/c1-3-4-5-6-7-8-9-10-11-12-13-14-15-16-17-18-21(22-23)19-20-25-26(2)24/h17-18,21,24H,3-16,19-20H2,1-2H3/b18-17+. The monoisotopic (exact) mass is 387 g/mol. The van der Waals surface area contributed by atoms with Crippen LogP contribution in [-0.4, -0.2) is 24.2 Å². The van der Waals surface area contributed by atoms with Crippen LogP contribution in [0.15, 0.2) is 17.3 Å². The molecule has 0 aliphatic carbocycles. The third kappa shape index (κ3) is 20.0. The van der Waals surface area contributed by atoms with E-state index in [2.05, 4.69) is 18.2 Å². The van der Waals surface area contributed by atoms with Gasteiger partial charge in [0.05, 0.1) is 6.61 Å². The molecule has 0 radical (unpaired) electrons. The lowest BCUT2D eigenvalue weighted by molar-refractivity contribution is 0.302. The molecule has 2 unspecified atom stereocenters. The molecule has 1 N–H and O–H groups in total. The van der Waals surface area contributed by atoms with Gasteiger partial charge in [-0.25, -0.2) is 0 Å². The summed E-state index contributed by atoms with van der Waals surface area (Å²) in [7, 11) is -1.34. The lowest BCUT2D eigenvalue weighted by Crippen LogP contribution is -2.03. The van der Waals surface area contributed by atoms with E-state index in [1.54, 1.807) is 6.66 Å². The van der Waals surface area contributed by atoms with Gasteiger partial charge < -0.3 is 9.42 Å². The van der Waals surface area contributed by atoms with Gasteiger partial charge in [0, 0.05) is 13.1 Å². The number of hydrogen-bond donors (Lipinski definition) is 1. The maximum absolute atomic E-state index is 10.7. The largest absolute Gasteiger partial charge is 0.350 e. The minimum absolute atomic E-state index is 0.327. The molecule has 0 aliphatic rings. The molecule has 0 aromatic carbocycles. The second kappa shape index (κ2) is 21.0. The van der Waals surface area contributed by atoms with Crippen molar-refractivity contribution < 1.29 is 9.42 Å². The van der Waals surface area contributed by atoms with Crippen molar-refractivity contribution in [2.24, 2.45) is 5.18 Å². The average Bonchev–Trinajstić information content (AvgIpc) is 2.63. The molecule has 0 saturated carbocycles. The maximum Gasteiger partial charge on any atom is 0.164 e. The Balaban J connectivity index is 3.32. The van der Waals surface area contributed by atoms with Crippen molar-refractivity contribution >= 4 is 8.38 Å². The van der Waals surface area contributed by atoms with E-state index in [0.29, 0.717) is 13.0 Å². The summed E-state index contributed by atoms with van der Waals surface area (Å²) in [5.41, 5.74) is 0. The van der Waals surface area contributed by atoms with Crippen LogP contribution in [0.5, 0.6) is 0 Å². The van der Waals surface area contributed by atoms with Gasteiger partial charge in [0.15, 0.2) is 8.38 Å². The fourth-order valence-corrected chi connectivity index (χ4v) is 3.39. The molecule has 4 nitrogen and oxygen atoms in total. The number of nitrogens with zero attached hydrogens (tertiary/aromatic N) is 1. The normalized spacial score (nSPS) is 14.0. The third-order valence-electron chi connectivity index (χ3n) is 4.66. The second-order valence-corrected chi connectivity index (χ2v) is 8.40. The number of unbranched alkanes of at least 4 members (excludes halogenated alkanes) is 13. The molecular weight excluding hydrogens is 345 g/mol. The van der Waals surface area contributed by atoms with E-state index in [-0.39, 0.29) is 6.04 Å². The molecule has 0 bridgehead atoms. The van der Waals surface area contributed by atoms with Crippen molar-refractivity contribution in [2.45, 2.75) is 109 Å². The van der Waals surface area contributed by atoms with Crippen molar-refractivity contribution in [1.82, 2.24) is 0 Å². The molecular formula is C21H42NO3P. The Bertz CT molecular complexity index is 324. The van der Waals surface area contributed by atoms with Gasteiger partial charge in [-0.15, -0.1) is 0 Å². The van der Waals surface area contributed by atoms with Gasteiger partial charge in [-0.3, -0.25) is 0 Å². The van der Waals surface area contributed by atoms with E-state index >= 15 is 0 Å². The highest BCUT2D eigenvalue weighted by Gasteiger charge is 2.05. The first-order valence-corrected chi connectivity index (χ1v) is 12.4. The van der Waals surface area contributed by atoms with Crippen LogP contribution in [0.1, 0.15) is 103 Å². The Morgan fingerprint density at radius 1 is 0.923 bits per heavy atom. The summed E-state index contributed by atoms with van der Waals surface area (Å²) in [4.78, 5) is 19.8. The molecule has 2 atom stereocenters. The molecule has 5 heteroatoms. The van der Waals surface area contributed by atoms with E-state index in [4.69, 9.17) is 9.42 Å². The van der Waals surface area contributed by atoms with E-state index in [9.17, 15) is 4.91 Å². The average molecular weight is 388 g/mol. The molecule has 0 fully saturated rings. The van der Waals surface area contributed by atoms with Crippen molar-refractivity contribution in [3.05, 3.63) is 17.1 Å². The maximum atomic E-state index is 10.7. The van der Waals surface area contributed by atoms with Crippen LogP contribution in [0.4, 0.5) is 0 Å². The van der Waals surface area contributed by atoms with E-state index in [1.165, 1.54) is 83.5 Å². The van der Waals surface area contributed by atoms with Gasteiger partial charge in [0.2, 0.25) is 0 Å². The topological polar surface area (TPSA) is 58.9 Å². The van der Waals surface area contributed by atoms with Gasteiger partial charge in [0.25, 0.3) is 0 Å². The molecule has 26 heavy (non-hydrogen) atoms. The zero-order valence-corrected chi connectivity index (χ0v) is 18.1. The number of allylic oxidation sites excluding steroid dienone is 1. The van der Waals surface area contributed by atoms with Crippen molar-refractivity contribution in [3.8, 4) is 0 Å². The van der Waals surface area contributed by atoms with Crippen LogP contribution in [-0.2, 0) is 4.52 Å². The zero-order valence-electron chi connectivity index (χ0n) is 17.2. The van der Waals surface area contributed by atoms with Crippen LogP contribution < -0.4 is 0 Å². The molecule has 0 aromatic rings. The van der Waals surface area contributed by atoms with Gasteiger partial charge in [-0.1, -0.05) is 101 Å². The van der Waals surface area contributed by atoms with Gasteiger partial charge in [0.1, 0.15) is 6.04 Å². The molecule has 0 spiro atoms. The van der Waals surface area contributed by atoms with Crippen LogP contribution in [0.3, 0.4) is 0 Å². The number of hydrogen-bond acceptors (Lipinski definition) is 4. The Morgan fingerprint density at radius 2 is 1.42 bits per heavy atom. The summed E-state index contributed by atoms with van der Waals surface area (Å²) in [6.07, 6.45) is 23.3. The van der Waals surface area contributed by atoms with Gasteiger partial charge >= 0.3 is 0 Å². The summed E-state index contributed by atoms with van der Waals surface area (Å²) in [6.45, 7) is 4.29. The number of nitroso groups, excluding NO2 is 1. The van der Waals surface area contributed by atoms with Crippen LogP contribution in [0.2, 0.25) is 0 Å². The minimum atomic E-state index is -1.34. The van der Waals surface area contributed by atoms with Crippen molar-refractivity contribution in [1.29, 1.82) is 0 Å². The van der Waals surface area contributed by atoms with Crippen molar-refractivity contribution in [3.63, 3.8) is 0 Å². The Labute approximate surface area is 163 Å². The predicted octanol–water partition coefficient (Wildman–Crippen LogP) is 7.50. The molecule has 0 heterocycles. The fraction of sp³-hybridized carbons (Fsp3) is 0.905. The summed E-state index contributed by atoms with van der Waals surface area (Å²) < 4.78 is 5.09. The third-order valence-corrected chi connectivity index (χ3v) is 5.22. The van der Waals surface area contributed by atoms with Gasteiger partial charge in [-0.2, -0.15) is 4.91 Å². The number of rotatable bonds is 20. The van der Waals surface area contributed by atoms with Crippen LogP contribution in [0.25, 0.3) is 0 Å². The summed E-state index contributed by atoms with van der Waals surface area (Å²) in [5.74, 6) is 0.